The summed E-state index contributed by atoms with van der Waals surface area (Å²) in [7, 11) is 0. The topological polar surface area (TPSA) is 58.4 Å². The number of carbonyl (C=O) groups excluding carboxylic acids is 1. The number of hydrogen-bond donors (Lipinski definition) is 2. The number of likely N-dealkylation sites (tertiary alicyclic amines) is 1. The molecule has 3 atom stereocenters. The molecule has 14 heavy (non-hydrogen) atoms. The first-order chi connectivity index (χ1) is 6.68. The van der Waals surface area contributed by atoms with Crippen molar-refractivity contribution in [3.05, 3.63) is 0 Å². The summed E-state index contributed by atoms with van der Waals surface area (Å²) in [5, 5.41) is 3.38. The van der Waals surface area contributed by atoms with E-state index in [-0.39, 0.29) is 11.9 Å². The van der Waals surface area contributed by atoms with Gasteiger partial charge in [0, 0.05) is 13.1 Å². The van der Waals surface area contributed by atoms with Crippen LogP contribution >= 0.6 is 0 Å². The van der Waals surface area contributed by atoms with E-state index in [1.807, 2.05) is 0 Å². The first-order valence-corrected chi connectivity index (χ1v) is 5.42. The predicted molar refractivity (Wildman–Crippen MR) is 54.7 cm³/mol. The molecule has 2 rings (SSSR count). The van der Waals surface area contributed by atoms with Crippen molar-refractivity contribution in [2.75, 3.05) is 26.2 Å². The molecule has 0 aromatic heterocycles. The van der Waals surface area contributed by atoms with Crippen molar-refractivity contribution < 1.29 is 4.79 Å². The lowest BCUT2D eigenvalue weighted by Gasteiger charge is -2.40. The van der Waals surface area contributed by atoms with Gasteiger partial charge in [-0.1, -0.05) is 6.92 Å². The fourth-order valence-corrected chi connectivity index (χ4v) is 2.39. The van der Waals surface area contributed by atoms with Crippen molar-refractivity contribution in [1.29, 1.82) is 0 Å². The van der Waals surface area contributed by atoms with Crippen LogP contribution < -0.4 is 11.1 Å². The van der Waals surface area contributed by atoms with E-state index in [0.29, 0.717) is 5.92 Å². The Balaban J connectivity index is 1.83. The van der Waals surface area contributed by atoms with Crippen molar-refractivity contribution in [3.8, 4) is 0 Å². The Hall–Kier alpha value is -0.610. The smallest absolute Gasteiger partial charge is 0.234 e. The molecule has 2 heterocycles. The lowest BCUT2D eigenvalue weighted by molar-refractivity contribution is -0.127. The Bertz CT molecular complexity index is 231. The Kier molecular flexibility index (Phi) is 2.74. The van der Waals surface area contributed by atoms with Crippen molar-refractivity contribution in [1.82, 2.24) is 10.2 Å². The molecular formula is C10H19N3O. The lowest BCUT2D eigenvalue weighted by Crippen LogP contribution is -2.56. The van der Waals surface area contributed by atoms with Gasteiger partial charge < -0.3 is 11.1 Å². The van der Waals surface area contributed by atoms with E-state index in [4.69, 9.17) is 5.73 Å². The zero-order chi connectivity index (χ0) is 10.1. The zero-order valence-electron chi connectivity index (χ0n) is 8.70. The molecule has 80 valence electrons. The van der Waals surface area contributed by atoms with Gasteiger partial charge in [0.25, 0.3) is 0 Å². The molecule has 4 nitrogen and oxygen atoms in total. The highest BCUT2D eigenvalue weighted by Crippen LogP contribution is 2.23. The summed E-state index contributed by atoms with van der Waals surface area (Å²) in [6.45, 7) is 6.53. The molecule has 0 aromatic carbocycles. The second-order valence-corrected chi connectivity index (χ2v) is 4.60. The summed E-state index contributed by atoms with van der Waals surface area (Å²) in [5.74, 6) is 1.26. The molecule has 0 aromatic rings. The Morgan fingerprint density at radius 3 is 2.79 bits per heavy atom. The van der Waals surface area contributed by atoms with Crippen LogP contribution in [0.15, 0.2) is 0 Å². The van der Waals surface area contributed by atoms with Crippen LogP contribution in [-0.2, 0) is 4.79 Å². The predicted octanol–water partition coefficient (Wildman–Crippen LogP) is -0.598. The number of primary amides is 1. The van der Waals surface area contributed by atoms with Crippen LogP contribution in [0.5, 0.6) is 0 Å². The summed E-state index contributed by atoms with van der Waals surface area (Å²) < 4.78 is 0. The highest BCUT2D eigenvalue weighted by Gasteiger charge is 2.35. The molecule has 0 spiro atoms. The van der Waals surface area contributed by atoms with Crippen LogP contribution in [0.4, 0.5) is 0 Å². The number of nitrogens with zero attached hydrogens (tertiary/aromatic N) is 1. The average molecular weight is 197 g/mol. The van der Waals surface area contributed by atoms with Gasteiger partial charge in [0.15, 0.2) is 0 Å². The number of hydrogen-bond acceptors (Lipinski definition) is 3. The molecule has 2 saturated heterocycles. The number of nitrogens with one attached hydrogen (secondary N) is 1. The third-order valence-electron chi connectivity index (χ3n) is 3.61. The molecule has 1 amide bonds. The van der Waals surface area contributed by atoms with E-state index < -0.39 is 0 Å². The minimum Gasteiger partial charge on any atom is -0.368 e. The SMILES string of the molecule is CC1CNCC1CN1CCC1C(N)=O. The fourth-order valence-electron chi connectivity index (χ4n) is 2.39. The van der Waals surface area contributed by atoms with Gasteiger partial charge in [0.05, 0.1) is 6.04 Å². The second kappa shape index (κ2) is 3.87. The summed E-state index contributed by atoms with van der Waals surface area (Å²) in [5.41, 5.74) is 5.30. The molecular weight excluding hydrogens is 178 g/mol. The van der Waals surface area contributed by atoms with E-state index >= 15 is 0 Å². The van der Waals surface area contributed by atoms with Gasteiger partial charge in [-0.15, -0.1) is 0 Å². The molecule has 3 N–H and O–H groups in total. The van der Waals surface area contributed by atoms with Gasteiger partial charge in [-0.25, -0.2) is 0 Å². The van der Waals surface area contributed by atoms with E-state index in [0.717, 1.165) is 38.5 Å². The first kappa shape index (κ1) is 9.93. The van der Waals surface area contributed by atoms with Gasteiger partial charge in [0.1, 0.15) is 0 Å². The first-order valence-electron chi connectivity index (χ1n) is 5.42. The Morgan fingerprint density at radius 2 is 2.36 bits per heavy atom. The van der Waals surface area contributed by atoms with E-state index in [9.17, 15) is 4.79 Å². The monoisotopic (exact) mass is 197 g/mol. The number of nitrogens with two attached hydrogens (primary N) is 1. The molecule has 0 radical (unpaired) electrons. The van der Waals surface area contributed by atoms with Crippen molar-refractivity contribution in [2.24, 2.45) is 17.6 Å². The van der Waals surface area contributed by atoms with Crippen molar-refractivity contribution in [2.45, 2.75) is 19.4 Å². The average Bonchev–Trinajstić information content (AvgIpc) is 2.44. The van der Waals surface area contributed by atoms with E-state index in [1.165, 1.54) is 0 Å². The summed E-state index contributed by atoms with van der Waals surface area (Å²) in [6.07, 6.45) is 0.948. The molecule has 0 bridgehead atoms. The number of carbonyl (C=O) groups is 1. The molecule has 2 fully saturated rings. The maximum atomic E-state index is 11.0. The van der Waals surface area contributed by atoms with Gasteiger partial charge in [-0.05, 0) is 31.3 Å². The van der Waals surface area contributed by atoms with E-state index in [2.05, 4.69) is 17.1 Å². The Morgan fingerprint density at radius 1 is 1.57 bits per heavy atom. The van der Waals surface area contributed by atoms with Crippen LogP contribution in [-0.4, -0.2) is 43.0 Å². The fraction of sp³-hybridized carbons (Fsp3) is 0.900. The van der Waals surface area contributed by atoms with Crippen LogP contribution in [0.3, 0.4) is 0 Å². The van der Waals surface area contributed by atoms with Crippen molar-refractivity contribution in [3.63, 3.8) is 0 Å². The third kappa shape index (κ3) is 1.77. The summed E-state index contributed by atoms with van der Waals surface area (Å²) in [6, 6.07) is 0.0165. The molecule has 2 aliphatic heterocycles. The normalized spacial score (nSPS) is 38.2. The second-order valence-electron chi connectivity index (χ2n) is 4.60. The van der Waals surface area contributed by atoms with Crippen LogP contribution in [0.2, 0.25) is 0 Å². The minimum atomic E-state index is -0.158. The van der Waals surface area contributed by atoms with Gasteiger partial charge in [-0.2, -0.15) is 0 Å². The number of amides is 1. The highest BCUT2D eigenvalue weighted by atomic mass is 16.1. The van der Waals surface area contributed by atoms with E-state index in [1.54, 1.807) is 0 Å². The van der Waals surface area contributed by atoms with Crippen LogP contribution in [0, 0.1) is 11.8 Å². The van der Waals surface area contributed by atoms with Gasteiger partial charge >= 0.3 is 0 Å². The Labute approximate surface area is 84.8 Å². The highest BCUT2D eigenvalue weighted by molar-refractivity contribution is 5.80. The maximum absolute atomic E-state index is 11.0. The minimum absolute atomic E-state index is 0.0165. The molecule has 4 heteroatoms. The summed E-state index contributed by atoms with van der Waals surface area (Å²) >= 11 is 0. The molecule has 2 aliphatic rings. The molecule has 3 unspecified atom stereocenters. The maximum Gasteiger partial charge on any atom is 0.234 e. The lowest BCUT2D eigenvalue weighted by atomic mass is 9.93. The van der Waals surface area contributed by atoms with Crippen LogP contribution in [0.25, 0.3) is 0 Å². The molecule has 0 saturated carbocycles. The van der Waals surface area contributed by atoms with Crippen LogP contribution in [0.1, 0.15) is 13.3 Å². The van der Waals surface area contributed by atoms with Crippen molar-refractivity contribution >= 4 is 5.91 Å². The molecule has 0 aliphatic carbocycles. The zero-order valence-corrected chi connectivity index (χ0v) is 8.70. The standard InChI is InChI=1S/C10H19N3O/c1-7-4-12-5-8(7)6-13-3-2-9(13)10(11)14/h7-9,12H,2-6H2,1H3,(H2,11,14). The third-order valence-corrected chi connectivity index (χ3v) is 3.61. The summed E-state index contributed by atoms with van der Waals surface area (Å²) in [4.78, 5) is 13.2. The number of rotatable bonds is 3. The van der Waals surface area contributed by atoms with Gasteiger partial charge in [0.2, 0.25) is 5.91 Å². The quantitative estimate of drug-likeness (QED) is 0.635. The van der Waals surface area contributed by atoms with Gasteiger partial charge in [-0.3, -0.25) is 9.69 Å². The largest absolute Gasteiger partial charge is 0.368 e.